The Hall–Kier alpha value is -0.0600. The lowest BCUT2D eigenvalue weighted by atomic mass is 10.2. The molecular formula is C35H74N4O5S6. The van der Waals surface area contributed by atoms with Gasteiger partial charge < -0.3 is 26.0 Å². The molecule has 15 heteroatoms. The van der Waals surface area contributed by atoms with Gasteiger partial charge in [0.05, 0.1) is 6.61 Å². The van der Waals surface area contributed by atoms with Crippen molar-refractivity contribution in [3.8, 4) is 0 Å². The van der Waals surface area contributed by atoms with Crippen LogP contribution in [0.4, 0.5) is 0 Å². The van der Waals surface area contributed by atoms with E-state index in [-0.39, 0.29) is 45.3 Å². The van der Waals surface area contributed by atoms with Crippen molar-refractivity contribution in [1.82, 2.24) is 21.3 Å². The van der Waals surface area contributed by atoms with Crippen LogP contribution in [0.3, 0.4) is 0 Å². The van der Waals surface area contributed by atoms with E-state index in [1.807, 2.05) is 54.0 Å². The Balaban J connectivity index is -0.000000327. The third-order valence-electron chi connectivity index (χ3n) is 5.71. The van der Waals surface area contributed by atoms with E-state index in [4.69, 9.17) is 4.74 Å². The second-order valence-electron chi connectivity index (χ2n) is 12.9. The van der Waals surface area contributed by atoms with Gasteiger partial charge in [-0.15, -0.1) is 0 Å². The molecule has 0 aliphatic rings. The van der Waals surface area contributed by atoms with E-state index in [0.717, 1.165) is 49.6 Å². The average molecular weight is 823 g/mol. The molecule has 0 spiro atoms. The molecule has 0 aliphatic heterocycles. The van der Waals surface area contributed by atoms with Crippen molar-refractivity contribution in [2.24, 2.45) is 0 Å². The van der Waals surface area contributed by atoms with Gasteiger partial charge in [-0.2, -0.15) is 0 Å². The van der Waals surface area contributed by atoms with E-state index in [0.29, 0.717) is 39.1 Å². The number of hydrogen-bond acceptors (Lipinski definition) is 11. The first-order chi connectivity index (χ1) is 22.9. The fraction of sp³-hybridized carbons (Fsp3) is 0.886. The van der Waals surface area contributed by atoms with E-state index < -0.39 is 0 Å². The van der Waals surface area contributed by atoms with Crippen LogP contribution in [0.25, 0.3) is 0 Å². The highest BCUT2D eigenvalue weighted by Crippen LogP contribution is 2.36. The van der Waals surface area contributed by atoms with Crippen molar-refractivity contribution < 1.29 is 23.9 Å². The quantitative estimate of drug-likeness (QED) is 0.0494. The van der Waals surface area contributed by atoms with E-state index in [1.165, 1.54) is 13.3 Å². The number of carbonyl (C=O) groups excluding carboxylic acids is 4. The minimum atomic E-state index is -0.0314. The van der Waals surface area contributed by atoms with Crippen LogP contribution in [-0.2, 0) is 23.9 Å². The number of amides is 4. The summed E-state index contributed by atoms with van der Waals surface area (Å²) >= 11 is 0. The lowest BCUT2D eigenvalue weighted by Gasteiger charge is -2.23. The third-order valence-corrected chi connectivity index (χ3v) is 15.8. The predicted octanol–water partition coefficient (Wildman–Crippen LogP) is 9.02. The summed E-state index contributed by atoms with van der Waals surface area (Å²) in [5.74, 6) is 3.51. The van der Waals surface area contributed by atoms with Crippen molar-refractivity contribution >= 4 is 88.4 Å². The summed E-state index contributed by atoms with van der Waals surface area (Å²) in [6, 6.07) is 0. The highest BCUT2D eigenvalue weighted by atomic mass is 33.1. The number of unbranched alkanes of at least 4 members (excludes halogenated alkanes) is 2. The van der Waals surface area contributed by atoms with E-state index in [1.54, 1.807) is 17.7 Å². The Kier molecular flexibility index (Phi) is 40.7. The second-order valence-corrected chi connectivity index (χ2v) is 22.7. The molecule has 0 aliphatic carbocycles. The normalized spacial score (nSPS) is 11.1. The minimum absolute atomic E-state index is 0. The van der Waals surface area contributed by atoms with Crippen molar-refractivity contribution in [3.05, 3.63) is 0 Å². The minimum Gasteiger partial charge on any atom is -0.381 e. The van der Waals surface area contributed by atoms with Crippen molar-refractivity contribution in [2.75, 3.05) is 56.7 Å². The summed E-state index contributed by atoms with van der Waals surface area (Å²) in [5, 5.41) is 11.5. The molecule has 0 rings (SSSR count). The summed E-state index contributed by atoms with van der Waals surface area (Å²) in [5.41, 5.74) is 0. The van der Waals surface area contributed by atoms with Gasteiger partial charge in [-0.05, 0) is 54.4 Å². The maximum Gasteiger partial charge on any atom is 0.222 e. The van der Waals surface area contributed by atoms with Crippen molar-refractivity contribution in [3.63, 3.8) is 0 Å². The summed E-state index contributed by atoms with van der Waals surface area (Å²) in [6.45, 7) is 28.2. The van der Waals surface area contributed by atoms with E-state index >= 15 is 0 Å². The molecule has 9 nitrogen and oxygen atoms in total. The Morgan fingerprint density at radius 2 is 0.940 bits per heavy atom. The number of nitrogens with one attached hydrogen (secondary N) is 4. The molecule has 0 heterocycles. The monoisotopic (exact) mass is 822 g/mol. The van der Waals surface area contributed by atoms with Crippen LogP contribution in [0.1, 0.15) is 129 Å². The third kappa shape index (κ3) is 46.0. The highest BCUT2D eigenvalue weighted by molar-refractivity contribution is 8.77. The summed E-state index contributed by atoms with van der Waals surface area (Å²) < 4.78 is 5.66. The van der Waals surface area contributed by atoms with Gasteiger partial charge in [-0.1, -0.05) is 113 Å². The Bertz CT molecular complexity index is 867. The molecule has 4 N–H and O–H groups in total. The topological polar surface area (TPSA) is 126 Å². The Labute approximate surface area is 331 Å². The first kappa shape index (κ1) is 56.7. The Morgan fingerprint density at radius 3 is 1.32 bits per heavy atom. The fourth-order valence-corrected chi connectivity index (χ4v) is 9.29. The van der Waals surface area contributed by atoms with Gasteiger partial charge in [0.1, 0.15) is 0 Å². The molecule has 0 aromatic carbocycles. The molecular weight excluding hydrogens is 749 g/mol. The molecule has 50 heavy (non-hydrogen) atoms. The van der Waals surface area contributed by atoms with Crippen LogP contribution in [0.5, 0.6) is 0 Å². The molecule has 0 unspecified atom stereocenters. The van der Waals surface area contributed by atoms with Crippen LogP contribution in [-0.4, -0.2) is 94.5 Å². The predicted molar refractivity (Wildman–Crippen MR) is 234 cm³/mol. The summed E-state index contributed by atoms with van der Waals surface area (Å²) in [6.07, 6.45) is 5.15. The largest absolute Gasteiger partial charge is 0.381 e. The van der Waals surface area contributed by atoms with Crippen molar-refractivity contribution in [2.45, 2.75) is 143 Å². The zero-order valence-corrected chi connectivity index (χ0v) is 37.5. The van der Waals surface area contributed by atoms with Gasteiger partial charge >= 0.3 is 0 Å². The fourth-order valence-electron chi connectivity index (χ4n) is 3.12. The SMILES string of the molecule is C.CCCCCC(=O)NCC(C)(C)SSCC.CCSSC(C)(C)CNC(=O)CCOCCCNC(C)=O.CCSSC(C)(C)CNC(C)=O. The molecule has 0 atom stereocenters. The zero-order valence-electron chi connectivity index (χ0n) is 32.6. The smallest absolute Gasteiger partial charge is 0.222 e. The molecule has 0 saturated carbocycles. The maximum absolute atomic E-state index is 11.7. The molecule has 0 bridgehead atoms. The van der Waals surface area contributed by atoms with Gasteiger partial charge in [0.15, 0.2) is 0 Å². The van der Waals surface area contributed by atoms with E-state index in [2.05, 4.69) is 90.5 Å². The standard InChI is InChI=1S/C14H28N2O3S2.C12H25NOS2.C8H17NOS2.CH4/c1-5-20-21-14(3,4)11-16-13(18)7-10-19-9-6-8-15-12(2)17;1-5-7-8-9-11(14)13-10-12(3,4)16-15-6-2;1-5-11-12-8(3,4)6-9-7(2)10;/h5-11H2,1-4H3,(H,15,17)(H,16,18);5-10H2,1-4H3,(H,13,14);5-6H2,1-4H3,(H,9,10);1H4. The lowest BCUT2D eigenvalue weighted by Crippen LogP contribution is -2.36. The van der Waals surface area contributed by atoms with Crippen molar-refractivity contribution in [1.29, 1.82) is 0 Å². The number of hydrogen-bond donors (Lipinski definition) is 4. The van der Waals surface area contributed by atoms with E-state index in [9.17, 15) is 19.2 Å². The zero-order chi connectivity index (χ0) is 38.2. The van der Waals surface area contributed by atoms with Gasteiger partial charge in [-0.25, -0.2) is 0 Å². The molecule has 4 amide bonds. The van der Waals surface area contributed by atoms with Gasteiger partial charge in [0, 0.05) is 91.0 Å². The molecule has 0 saturated heterocycles. The van der Waals surface area contributed by atoms with Gasteiger partial charge in [-0.3, -0.25) is 19.2 Å². The van der Waals surface area contributed by atoms with Crippen LogP contribution < -0.4 is 21.3 Å². The van der Waals surface area contributed by atoms with Crippen LogP contribution in [0, 0.1) is 0 Å². The molecule has 0 aromatic rings. The Morgan fingerprint density at radius 1 is 0.540 bits per heavy atom. The molecule has 0 fully saturated rings. The van der Waals surface area contributed by atoms with Crippen LogP contribution in [0.2, 0.25) is 0 Å². The molecule has 0 aromatic heterocycles. The summed E-state index contributed by atoms with van der Waals surface area (Å²) in [7, 11) is 11.0. The highest BCUT2D eigenvalue weighted by Gasteiger charge is 2.21. The number of rotatable bonds is 26. The molecule has 0 radical (unpaired) electrons. The maximum atomic E-state index is 11.7. The second kappa shape index (κ2) is 35.9. The number of ether oxygens (including phenoxy) is 1. The summed E-state index contributed by atoms with van der Waals surface area (Å²) in [4.78, 5) is 44.5. The first-order valence-corrected chi connectivity index (χ1v) is 24.3. The average Bonchev–Trinajstić information content (AvgIpc) is 3.03. The van der Waals surface area contributed by atoms with Gasteiger partial charge in [0.2, 0.25) is 23.6 Å². The molecule has 300 valence electrons. The first-order valence-electron chi connectivity index (χ1n) is 17.4. The lowest BCUT2D eigenvalue weighted by molar-refractivity contribution is -0.122. The van der Waals surface area contributed by atoms with Crippen LogP contribution in [0.15, 0.2) is 0 Å². The van der Waals surface area contributed by atoms with Crippen LogP contribution >= 0.6 is 64.8 Å². The van der Waals surface area contributed by atoms with Gasteiger partial charge in [0.25, 0.3) is 0 Å². The number of carbonyl (C=O) groups is 4.